The van der Waals surface area contributed by atoms with E-state index in [0.29, 0.717) is 10.6 Å². The van der Waals surface area contributed by atoms with Crippen LogP contribution in [0.3, 0.4) is 0 Å². The van der Waals surface area contributed by atoms with Crippen molar-refractivity contribution in [1.29, 1.82) is 0 Å². The molecule has 2 heteroatoms. The topological polar surface area (TPSA) is 17.1 Å². The number of hydrogen-bond acceptors (Lipinski definition) is 1. The quantitative estimate of drug-likeness (QED) is 0.710. The van der Waals surface area contributed by atoms with Crippen LogP contribution < -0.4 is 0 Å². The molecule has 2 aromatic carbocycles. The smallest absolute Gasteiger partial charge is 0.161 e. The Bertz CT molecular complexity index is 573. The highest BCUT2D eigenvalue weighted by Crippen LogP contribution is 2.27. The van der Waals surface area contributed by atoms with Crippen LogP contribution in [0, 0.1) is 6.92 Å². The molecule has 0 saturated heterocycles. The van der Waals surface area contributed by atoms with Crippen molar-refractivity contribution in [2.45, 2.75) is 13.8 Å². The maximum absolute atomic E-state index is 11.3. The molecule has 0 aromatic heterocycles. The van der Waals surface area contributed by atoms with Crippen LogP contribution in [-0.2, 0) is 0 Å². The summed E-state index contributed by atoms with van der Waals surface area (Å²) in [7, 11) is 0. The minimum atomic E-state index is -0.00802. The zero-order chi connectivity index (χ0) is 12.4. The average molecular weight is 245 g/mol. The van der Waals surface area contributed by atoms with E-state index < -0.39 is 0 Å². The third-order valence-electron chi connectivity index (χ3n) is 2.80. The van der Waals surface area contributed by atoms with Gasteiger partial charge in [0, 0.05) is 5.56 Å². The summed E-state index contributed by atoms with van der Waals surface area (Å²) in [5, 5.41) is 0.512. The first kappa shape index (κ1) is 11.9. The van der Waals surface area contributed by atoms with E-state index in [0.717, 1.165) is 11.1 Å². The molecule has 0 heterocycles. The molecule has 0 radical (unpaired) electrons. The van der Waals surface area contributed by atoms with Gasteiger partial charge in [-0.15, -0.1) is 0 Å². The van der Waals surface area contributed by atoms with Crippen LogP contribution in [0.15, 0.2) is 42.5 Å². The molecule has 0 aliphatic heterocycles. The van der Waals surface area contributed by atoms with E-state index in [1.807, 2.05) is 24.3 Å². The number of Topliss-reactive ketones (excluding diaryl/α,β-unsaturated/α-hetero) is 1. The Labute approximate surface area is 106 Å². The van der Waals surface area contributed by atoms with Crippen molar-refractivity contribution >= 4 is 17.4 Å². The second kappa shape index (κ2) is 4.72. The van der Waals surface area contributed by atoms with Gasteiger partial charge in [0.05, 0.1) is 5.02 Å². The lowest BCUT2D eigenvalue weighted by Crippen LogP contribution is -1.93. The number of carbonyl (C=O) groups excluding carboxylic acids is 1. The number of ketones is 1. The van der Waals surface area contributed by atoms with Crippen LogP contribution in [0.4, 0.5) is 0 Å². The van der Waals surface area contributed by atoms with Gasteiger partial charge in [-0.3, -0.25) is 4.79 Å². The fraction of sp³-hybridized carbons (Fsp3) is 0.133. The van der Waals surface area contributed by atoms with Crippen molar-refractivity contribution < 1.29 is 4.79 Å². The second-order valence-electron chi connectivity index (χ2n) is 4.07. The maximum atomic E-state index is 11.3. The summed E-state index contributed by atoms with van der Waals surface area (Å²) >= 11 is 6.11. The van der Waals surface area contributed by atoms with Gasteiger partial charge < -0.3 is 0 Å². The molecular weight excluding hydrogens is 232 g/mol. The van der Waals surface area contributed by atoms with E-state index in [9.17, 15) is 4.79 Å². The number of rotatable bonds is 2. The molecule has 1 nitrogen and oxygen atoms in total. The first-order chi connectivity index (χ1) is 8.09. The van der Waals surface area contributed by atoms with Gasteiger partial charge in [0.15, 0.2) is 5.78 Å². The molecule has 0 aliphatic carbocycles. The van der Waals surface area contributed by atoms with Gasteiger partial charge in [-0.1, -0.05) is 41.9 Å². The summed E-state index contributed by atoms with van der Waals surface area (Å²) < 4.78 is 0. The van der Waals surface area contributed by atoms with E-state index in [1.165, 1.54) is 12.5 Å². The molecule has 0 unspecified atom stereocenters. The Kier molecular flexibility index (Phi) is 3.30. The molecule has 0 N–H and O–H groups in total. The SMILES string of the molecule is CC(=O)c1ccc(-c2ccccc2C)cc1Cl. The fourth-order valence-electron chi connectivity index (χ4n) is 1.86. The summed E-state index contributed by atoms with van der Waals surface area (Å²) in [6.07, 6.45) is 0. The molecule has 2 aromatic rings. The van der Waals surface area contributed by atoms with Gasteiger partial charge >= 0.3 is 0 Å². The first-order valence-corrected chi connectivity index (χ1v) is 5.84. The Morgan fingerprint density at radius 1 is 1.12 bits per heavy atom. The Hall–Kier alpha value is -1.60. The van der Waals surface area contributed by atoms with E-state index in [1.54, 1.807) is 6.07 Å². The highest BCUT2D eigenvalue weighted by molar-refractivity contribution is 6.34. The van der Waals surface area contributed by atoms with Gasteiger partial charge in [0.1, 0.15) is 0 Å². The molecule has 86 valence electrons. The summed E-state index contributed by atoms with van der Waals surface area (Å²) in [6.45, 7) is 3.58. The normalized spacial score (nSPS) is 10.3. The number of carbonyl (C=O) groups is 1. The Balaban J connectivity index is 2.52. The molecule has 0 bridgehead atoms. The lowest BCUT2D eigenvalue weighted by Gasteiger charge is -2.07. The molecule has 17 heavy (non-hydrogen) atoms. The van der Waals surface area contributed by atoms with Crippen LogP contribution in [0.2, 0.25) is 5.02 Å². The minimum Gasteiger partial charge on any atom is -0.294 e. The van der Waals surface area contributed by atoms with Crippen molar-refractivity contribution in [2.24, 2.45) is 0 Å². The van der Waals surface area contributed by atoms with Crippen molar-refractivity contribution in [3.63, 3.8) is 0 Å². The molecule has 0 aliphatic rings. The highest BCUT2D eigenvalue weighted by atomic mass is 35.5. The van der Waals surface area contributed by atoms with E-state index in [4.69, 9.17) is 11.6 Å². The van der Waals surface area contributed by atoms with Crippen LogP contribution >= 0.6 is 11.6 Å². The predicted octanol–water partition coefficient (Wildman–Crippen LogP) is 4.52. The zero-order valence-corrected chi connectivity index (χ0v) is 10.6. The molecule has 2 rings (SSSR count). The largest absolute Gasteiger partial charge is 0.294 e. The van der Waals surface area contributed by atoms with Gasteiger partial charge in [0.2, 0.25) is 0 Å². The maximum Gasteiger partial charge on any atom is 0.161 e. The highest BCUT2D eigenvalue weighted by Gasteiger charge is 2.08. The summed E-state index contributed by atoms with van der Waals surface area (Å²) in [5.41, 5.74) is 3.95. The number of hydrogen-bond donors (Lipinski definition) is 0. The van der Waals surface area contributed by atoms with Gasteiger partial charge in [-0.05, 0) is 42.7 Å². The molecule has 0 saturated carbocycles. The standard InChI is InChI=1S/C15H13ClO/c1-10-5-3-4-6-13(10)12-7-8-14(11(2)17)15(16)9-12/h3-9H,1-2H3. The van der Waals surface area contributed by atoms with E-state index >= 15 is 0 Å². The van der Waals surface area contributed by atoms with Crippen molar-refractivity contribution in [1.82, 2.24) is 0 Å². The molecule has 0 atom stereocenters. The number of halogens is 1. The molecule has 0 fully saturated rings. The van der Waals surface area contributed by atoms with Crippen LogP contribution in [-0.4, -0.2) is 5.78 Å². The van der Waals surface area contributed by atoms with Crippen LogP contribution in [0.25, 0.3) is 11.1 Å². The number of benzene rings is 2. The Morgan fingerprint density at radius 2 is 1.82 bits per heavy atom. The second-order valence-corrected chi connectivity index (χ2v) is 4.47. The zero-order valence-electron chi connectivity index (χ0n) is 9.83. The van der Waals surface area contributed by atoms with Gasteiger partial charge in [-0.2, -0.15) is 0 Å². The minimum absolute atomic E-state index is 0.00802. The van der Waals surface area contributed by atoms with Crippen LogP contribution in [0.5, 0.6) is 0 Å². The van der Waals surface area contributed by atoms with E-state index in [2.05, 4.69) is 19.1 Å². The summed E-state index contributed by atoms with van der Waals surface area (Å²) in [4.78, 5) is 11.3. The van der Waals surface area contributed by atoms with Crippen molar-refractivity contribution in [3.8, 4) is 11.1 Å². The third-order valence-corrected chi connectivity index (χ3v) is 3.12. The molecule has 0 amide bonds. The first-order valence-electron chi connectivity index (χ1n) is 5.46. The lowest BCUT2D eigenvalue weighted by molar-refractivity contribution is 0.101. The Morgan fingerprint density at radius 3 is 2.41 bits per heavy atom. The predicted molar refractivity (Wildman–Crippen MR) is 71.6 cm³/mol. The van der Waals surface area contributed by atoms with Crippen molar-refractivity contribution in [3.05, 3.63) is 58.6 Å². The monoisotopic (exact) mass is 244 g/mol. The summed E-state index contributed by atoms with van der Waals surface area (Å²) in [5.74, 6) is -0.00802. The van der Waals surface area contributed by atoms with Crippen molar-refractivity contribution in [2.75, 3.05) is 0 Å². The van der Waals surface area contributed by atoms with Gasteiger partial charge in [-0.25, -0.2) is 0 Å². The number of aryl methyl sites for hydroxylation is 1. The average Bonchev–Trinajstić information content (AvgIpc) is 2.29. The molecular formula is C15H13ClO. The fourth-order valence-corrected chi connectivity index (χ4v) is 2.18. The van der Waals surface area contributed by atoms with Gasteiger partial charge in [0.25, 0.3) is 0 Å². The van der Waals surface area contributed by atoms with E-state index in [-0.39, 0.29) is 5.78 Å². The lowest BCUT2D eigenvalue weighted by atomic mass is 9.99. The van der Waals surface area contributed by atoms with Crippen LogP contribution in [0.1, 0.15) is 22.8 Å². The molecule has 0 spiro atoms. The third kappa shape index (κ3) is 2.40. The summed E-state index contributed by atoms with van der Waals surface area (Å²) in [6, 6.07) is 13.7.